The van der Waals surface area contributed by atoms with E-state index in [9.17, 15) is 10.1 Å². The van der Waals surface area contributed by atoms with E-state index in [0.29, 0.717) is 21.2 Å². The minimum atomic E-state index is -0.235. The zero-order chi connectivity index (χ0) is 15.7. The Morgan fingerprint density at radius 2 is 1.82 bits per heavy atom. The third-order valence-corrected chi connectivity index (χ3v) is 4.79. The minimum Gasteiger partial charge on any atom is -0.370 e. The van der Waals surface area contributed by atoms with Gasteiger partial charge in [-0.1, -0.05) is 29.3 Å². The van der Waals surface area contributed by atoms with E-state index in [4.69, 9.17) is 23.2 Å². The van der Waals surface area contributed by atoms with E-state index < -0.39 is 0 Å². The van der Waals surface area contributed by atoms with Gasteiger partial charge in [-0.2, -0.15) is 5.26 Å². The van der Waals surface area contributed by atoms with E-state index >= 15 is 0 Å². The molecule has 0 spiro atoms. The smallest absolute Gasteiger partial charge is 0.206 e. The molecule has 1 aromatic rings. The molecular formula is C17H14Cl2N2O. The third kappa shape index (κ3) is 2.65. The molecule has 1 fully saturated rings. The van der Waals surface area contributed by atoms with Gasteiger partial charge in [0, 0.05) is 18.7 Å². The fraction of sp³-hybridized carbons (Fsp3) is 0.294. The summed E-state index contributed by atoms with van der Waals surface area (Å²) in [5.74, 6) is -0.235. The lowest BCUT2D eigenvalue weighted by molar-refractivity contribution is -0.110. The van der Waals surface area contributed by atoms with E-state index in [1.54, 1.807) is 18.2 Å². The van der Waals surface area contributed by atoms with Gasteiger partial charge in [-0.05, 0) is 43.0 Å². The van der Waals surface area contributed by atoms with Gasteiger partial charge < -0.3 is 4.90 Å². The number of likely N-dealkylation sites (tertiary alicyclic amines) is 1. The Balaban J connectivity index is 1.99. The average molecular weight is 333 g/mol. The Bertz CT molecular complexity index is 738. The standard InChI is InChI=1S/C17H14Cl2N2O/c18-14-5-4-11(8-15(14)19)12-9-16(13(10-20)17(12)22)21-6-2-1-3-7-21/h4-5,8-9H,1-3,6-7H2. The average Bonchev–Trinajstić information content (AvgIpc) is 2.87. The number of piperidine rings is 1. The van der Waals surface area contributed by atoms with Gasteiger partial charge in [-0.25, -0.2) is 0 Å². The molecule has 1 saturated heterocycles. The molecule has 112 valence electrons. The van der Waals surface area contributed by atoms with Crippen LogP contribution in [0.1, 0.15) is 24.8 Å². The van der Waals surface area contributed by atoms with Gasteiger partial charge in [-0.15, -0.1) is 0 Å². The van der Waals surface area contributed by atoms with Crippen molar-refractivity contribution in [2.75, 3.05) is 13.1 Å². The van der Waals surface area contributed by atoms with Crippen molar-refractivity contribution in [3.63, 3.8) is 0 Å². The first-order valence-electron chi connectivity index (χ1n) is 7.23. The first-order valence-corrected chi connectivity index (χ1v) is 7.98. The van der Waals surface area contributed by atoms with E-state index in [1.807, 2.05) is 6.08 Å². The van der Waals surface area contributed by atoms with Crippen molar-refractivity contribution >= 4 is 34.6 Å². The highest BCUT2D eigenvalue weighted by Crippen LogP contribution is 2.34. The Labute approximate surface area is 139 Å². The molecule has 0 aromatic heterocycles. The lowest BCUT2D eigenvalue weighted by atomic mass is 10.0. The van der Waals surface area contributed by atoms with Gasteiger partial charge >= 0.3 is 0 Å². The molecule has 1 aliphatic heterocycles. The topological polar surface area (TPSA) is 44.1 Å². The summed E-state index contributed by atoms with van der Waals surface area (Å²) >= 11 is 12.0. The minimum absolute atomic E-state index is 0.225. The van der Waals surface area contributed by atoms with Gasteiger partial charge in [0.15, 0.2) is 0 Å². The van der Waals surface area contributed by atoms with Crippen molar-refractivity contribution in [3.05, 3.63) is 51.2 Å². The Morgan fingerprint density at radius 1 is 1.09 bits per heavy atom. The predicted octanol–water partition coefficient (Wildman–Crippen LogP) is 4.22. The molecule has 0 bridgehead atoms. The van der Waals surface area contributed by atoms with Crippen LogP contribution < -0.4 is 0 Å². The maximum absolute atomic E-state index is 12.5. The number of Topliss-reactive ketones (excluding diaryl/α,β-unsaturated/α-hetero) is 1. The number of halogens is 2. The highest BCUT2D eigenvalue weighted by atomic mass is 35.5. The summed E-state index contributed by atoms with van der Waals surface area (Å²) in [6.45, 7) is 1.78. The molecule has 1 aromatic carbocycles. The first kappa shape index (κ1) is 15.1. The summed E-state index contributed by atoms with van der Waals surface area (Å²) in [5.41, 5.74) is 2.17. The highest BCUT2D eigenvalue weighted by molar-refractivity contribution is 6.42. The third-order valence-electron chi connectivity index (χ3n) is 4.05. The van der Waals surface area contributed by atoms with Crippen LogP contribution in [0.3, 0.4) is 0 Å². The van der Waals surface area contributed by atoms with Crippen LogP contribution in [0.5, 0.6) is 0 Å². The summed E-state index contributed by atoms with van der Waals surface area (Å²) in [7, 11) is 0. The molecule has 22 heavy (non-hydrogen) atoms. The lowest BCUT2D eigenvalue weighted by Gasteiger charge is -2.29. The largest absolute Gasteiger partial charge is 0.370 e. The zero-order valence-electron chi connectivity index (χ0n) is 11.9. The van der Waals surface area contributed by atoms with Crippen LogP contribution in [-0.2, 0) is 4.79 Å². The number of nitriles is 1. The van der Waals surface area contributed by atoms with E-state index in [2.05, 4.69) is 11.0 Å². The van der Waals surface area contributed by atoms with Crippen molar-refractivity contribution < 1.29 is 4.79 Å². The van der Waals surface area contributed by atoms with Crippen molar-refractivity contribution in [1.29, 1.82) is 5.26 Å². The first-order chi connectivity index (χ1) is 10.6. The van der Waals surface area contributed by atoms with Crippen molar-refractivity contribution in [2.45, 2.75) is 19.3 Å². The molecule has 1 heterocycles. The molecular weight excluding hydrogens is 319 g/mol. The van der Waals surface area contributed by atoms with Crippen molar-refractivity contribution in [1.82, 2.24) is 4.90 Å². The number of benzene rings is 1. The summed E-state index contributed by atoms with van der Waals surface area (Å²) in [6.07, 6.45) is 5.19. The molecule has 0 saturated carbocycles. The number of nitrogens with zero attached hydrogens (tertiary/aromatic N) is 2. The number of rotatable bonds is 2. The molecule has 0 unspecified atom stereocenters. The van der Waals surface area contributed by atoms with Crippen LogP contribution in [0.15, 0.2) is 35.5 Å². The molecule has 0 amide bonds. The summed E-state index contributed by atoms with van der Waals surface area (Å²) < 4.78 is 0. The molecule has 3 nitrogen and oxygen atoms in total. The second-order valence-electron chi connectivity index (χ2n) is 5.44. The number of carbonyl (C=O) groups excluding carboxylic acids is 1. The Kier molecular flexibility index (Phi) is 4.24. The van der Waals surface area contributed by atoms with Gasteiger partial charge in [-0.3, -0.25) is 4.79 Å². The van der Waals surface area contributed by atoms with Crippen LogP contribution in [-0.4, -0.2) is 23.8 Å². The fourth-order valence-electron chi connectivity index (χ4n) is 2.90. The van der Waals surface area contributed by atoms with E-state index in [1.165, 1.54) is 6.42 Å². The highest BCUT2D eigenvalue weighted by Gasteiger charge is 2.30. The Morgan fingerprint density at radius 3 is 2.45 bits per heavy atom. The van der Waals surface area contributed by atoms with Gasteiger partial charge in [0.2, 0.25) is 5.78 Å². The van der Waals surface area contributed by atoms with E-state index in [-0.39, 0.29) is 11.4 Å². The maximum atomic E-state index is 12.5. The molecule has 0 radical (unpaired) electrons. The molecule has 5 heteroatoms. The van der Waals surface area contributed by atoms with Crippen LogP contribution >= 0.6 is 23.2 Å². The van der Waals surface area contributed by atoms with Crippen LogP contribution in [0.25, 0.3) is 5.57 Å². The number of allylic oxidation sites excluding steroid dienone is 3. The molecule has 0 atom stereocenters. The second-order valence-corrected chi connectivity index (χ2v) is 6.25. The maximum Gasteiger partial charge on any atom is 0.206 e. The Hall–Kier alpha value is -1.76. The molecule has 3 rings (SSSR count). The molecule has 0 N–H and O–H groups in total. The number of hydrogen-bond acceptors (Lipinski definition) is 3. The molecule has 1 aliphatic carbocycles. The quantitative estimate of drug-likeness (QED) is 0.814. The van der Waals surface area contributed by atoms with Crippen LogP contribution in [0.4, 0.5) is 0 Å². The molecule has 2 aliphatic rings. The second kappa shape index (κ2) is 6.16. The lowest BCUT2D eigenvalue weighted by Crippen LogP contribution is -2.28. The van der Waals surface area contributed by atoms with Crippen molar-refractivity contribution in [2.24, 2.45) is 0 Å². The fourth-order valence-corrected chi connectivity index (χ4v) is 3.19. The van der Waals surface area contributed by atoms with Gasteiger partial charge in [0.25, 0.3) is 0 Å². The van der Waals surface area contributed by atoms with Crippen LogP contribution in [0, 0.1) is 11.3 Å². The van der Waals surface area contributed by atoms with Crippen molar-refractivity contribution in [3.8, 4) is 6.07 Å². The van der Waals surface area contributed by atoms with Gasteiger partial charge in [0.05, 0.1) is 15.7 Å². The monoisotopic (exact) mass is 332 g/mol. The summed E-state index contributed by atoms with van der Waals surface area (Å²) in [5, 5.41) is 10.2. The predicted molar refractivity (Wildman–Crippen MR) is 87.5 cm³/mol. The van der Waals surface area contributed by atoms with Gasteiger partial charge in [0.1, 0.15) is 11.6 Å². The summed E-state index contributed by atoms with van der Waals surface area (Å²) in [4.78, 5) is 14.7. The normalized spacial score (nSPS) is 18.5. The summed E-state index contributed by atoms with van der Waals surface area (Å²) in [6, 6.07) is 7.15. The number of ketones is 1. The SMILES string of the molecule is N#CC1=C(N2CCCCC2)C=C(c2ccc(Cl)c(Cl)c2)C1=O. The number of carbonyl (C=O) groups is 1. The zero-order valence-corrected chi connectivity index (χ0v) is 13.4. The van der Waals surface area contributed by atoms with E-state index in [0.717, 1.165) is 31.6 Å². The van der Waals surface area contributed by atoms with Crippen LogP contribution in [0.2, 0.25) is 10.0 Å². The number of hydrogen-bond donors (Lipinski definition) is 0.